The van der Waals surface area contributed by atoms with Crippen molar-refractivity contribution in [1.82, 2.24) is 0 Å². The molecule has 5 nitrogen and oxygen atoms in total. The van der Waals surface area contributed by atoms with Gasteiger partial charge in [0.15, 0.2) is 0 Å². The molecule has 1 rings (SSSR count). The molecule has 158 valence electrons. The Morgan fingerprint density at radius 2 is 1.57 bits per heavy atom. The molecule has 0 saturated heterocycles. The lowest BCUT2D eigenvalue weighted by atomic mass is 10.1. The Balaban J connectivity index is 2.12. The van der Waals surface area contributed by atoms with Gasteiger partial charge in [-0.05, 0) is 25.5 Å². The molecule has 0 fully saturated rings. The van der Waals surface area contributed by atoms with E-state index in [-0.39, 0.29) is 11.7 Å². The van der Waals surface area contributed by atoms with Crippen LogP contribution in [-0.4, -0.2) is 16.9 Å². The standard InChI is InChI=1S/C19H28Cl3NO4Si/c1-16(17-12-9-10-13-18(17)23(25)26)27-19(24)14-8-6-4-2-3-5-7-11-15-28(20,21)22/h9-10,12-13,16H,2-8,11,14-15H2,1H3. The second-order valence-corrected chi connectivity index (χ2v) is 16.2. The SMILES string of the molecule is CC(OC(=O)CCCCCCCCCC[Si](Cl)(Cl)Cl)c1ccccc1[N+](=O)[O-]. The van der Waals surface area contributed by atoms with Gasteiger partial charge in [-0.1, -0.05) is 57.1 Å². The number of nitro benzene ring substituents is 1. The minimum Gasteiger partial charge on any atom is -0.458 e. The second-order valence-electron chi connectivity index (χ2n) is 6.89. The third kappa shape index (κ3) is 11.2. The highest BCUT2D eigenvalue weighted by Crippen LogP contribution is 2.28. The first-order chi connectivity index (χ1) is 13.2. The number of rotatable bonds is 14. The fourth-order valence-corrected chi connectivity index (χ4v) is 4.83. The van der Waals surface area contributed by atoms with E-state index < -0.39 is 17.0 Å². The van der Waals surface area contributed by atoms with Crippen LogP contribution in [0.2, 0.25) is 6.04 Å². The van der Waals surface area contributed by atoms with Gasteiger partial charge in [-0.15, -0.1) is 33.2 Å². The Bertz CT molecular complexity index is 625. The highest BCUT2D eigenvalue weighted by Gasteiger charge is 2.23. The highest BCUT2D eigenvalue weighted by molar-refractivity contribution is 7.64. The van der Waals surface area contributed by atoms with E-state index >= 15 is 0 Å². The van der Waals surface area contributed by atoms with E-state index in [1.165, 1.54) is 6.07 Å². The van der Waals surface area contributed by atoms with Crippen LogP contribution < -0.4 is 0 Å². The Kier molecular flexibility index (Phi) is 12.1. The molecule has 0 spiro atoms. The fraction of sp³-hybridized carbons (Fsp3) is 0.632. The van der Waals surface area contributed by atoms with E-state index in [9.17, 15) is 14.9 Å². The molecule has 0 aromatic heterocycles. The minimum atomic E-state index is -2.46. The molecule has 1 aromatic rings. The average Bonchev–Trinajstić information content (AvgIpc) is 2.62. The van der Waals surface area contributed by atoms with Crippen LogP contribution >= 0.6 is 33.2 Å². The van der Waals surface area contributed by atoms with Crippen molar-refractivity contribution in [3.63, 3.8) is 0 Å². The topological polar surface area (TPSA) is 69.4 Å². The van der Waals surface area contributed by atoms with Gasteiger partial charge >= 0.3 is 12.0 Å². The average molecular weight is 469 g/mol. The number of benzene rings is 1. The lowest BCUT2D eigenvalue weighted by Gasteiger charge is -2.13. The van der Waals surface area contributed by atoms with Crippen molar-refractivity contribution in [3.05, 3.63) is 39.9 Å². The predicted octanol–water partition coefficient (Wildman–Crippen LogP) is 7.37. The zero-order valence-electron chi connectivity index (χ0n) is 16.2. The summed E-state index contributed by atoms with van der Waals surface area (Å²) in [6.07, 6.45) is 8.01. The van der Waals surface area contributed by atoms with Crippen LogP contribution in [0, 0.1) is 10.1 Å². The lowest BCUT2D eigenvalue weighted by molar-refractivity contribution is -0.386. The molecule has 0 aliphatic rings. The summed E-state index contributed by atoms with van der Waals surface area (Å²) in [5, 5.41) is 11.1. The summed E-state index contributed by atoms with van der Waals surface area (Å²) >= 11 is 17.5. The Hall–Kier alpha value is -0.823. The summed E-state index contributed by atoms with van der Waals surface area (Å²) in [6.45, 7) is 1.66. The van der Waals surface area contributed by atoms with Crippen LogP contribution in [-0.2, 0) is 9.53 Å². The minimum absolute atomic E-state index is 0.0287. The summed E-state index contributed by atoms with van der Waals surface area (Å²) in [7, 11) is 0. The number of carbonyl (C=O) groups excluding carboxylic acids is 1. The number of para-hydroxylation sites is 1. The molecule has 1 atom stereocenters. The number of hydrogen-bond donors (Lipinski definition) is 0. The van der Waals surface area contributed by atoms with Crippen LogP contribution in [0.1, 0.15) is 76.4 Å². The molecule has 28 heavy (non-hydrogen) atoms. The van der Waals surface area contributed by atoms with Crippen LogP contribution in [0.5, 0.6) is 0 Å². The molecule has 0 aliphatic carbocycles. The maximum Gasteiger partial charge on any atom is 0.341 e. The molecule has 1 unspecified atom stereocenters. The largest absolute Gasteiger partial charge is 0.458 e. The number of esters is 1. The van der Waals surface area contributed by atoms with Gasteiger partial charge in [0.2, 0.25) is 0 Å². The zero-order chi connectivity index (χ0) is 21.0. The number of halogens is 3. The van der Waals surface area contributed by atoms with Crippen molar-refractivity contribution >= 4 is 50.9 Å². The van der Waals surface area contributed by atoms with Crippen molar-refractivity contribution in [2.75, 3.05) is 0 Å². The van der Waals surface area contributed by atoms with Gasteiger partial charge in [-0.25, -0.2) is 0 Å². The van der Waals surface area contributed by atoms with E-state index in [1.807, 2.05) is 0 Å². The number of nitro groups is 1. The zero-order valence-corrected chi connectivity index (χ0v) is 19.4. The van der Waals surface area contributed by atoms with Crippen LogP contribution in [0.3, 0.4) is 0 Å². The third-order valence-electron chi connectivity index (χ3n) is 4.47. The monoisotopic (exact) mass is 467 g/mol. The Labute approximate surface area is 182 Å². The van der Waals surface area contributed by atoms with Gasteiger partial charge < -0.3 is 4.74 Å². The molecule has 0 amide bonds. The normalized spacial score (nSPS) is 12.6. The Morgan fingerprint density at radius 3 is 2.14 bits per heavy atom. The number of hydrogen-bond acceptors (Lipinski definition) is 4. The van der Waals surface area contributed by atoms with Crippen molar-refractivity contribution in [2.24, 2.45) is 0 Å². The van der Waals surface area contributed by atoms with Crippen LogP contribution in [0.25, 0.3) is 0 Å². The predicted molar refractivity (Wildman–Crippen MR) is 117 cm³/mol. The lowest BCUT2D eigenvalue weighted by Crippen LogP contribution is -2.10. The molecule has 0 heterocycles. The van der Waals surface area contributed by atoms with Gasteiger partial charge in [0, 0.05) is 12.5 Å². The summed E-state index contributed by atoms with van der Waals surface area (Å²) in [4.78, 5) is 22.6. The molecule has 1 aromatic carbocycles. The quantitative estimate of drug-likeness (QED) is 0.0713. The van der Waals surface area contributed by atoms with E-state index in [0.29, 0.717) is 12.0 Å². The van der Waals surface area contributed by atoms with E-state index in [4.69, 9.17) is 38.0 Å². The first kappa shape index (κ1) is 25.2. The maximum atomic E-state index is 12.0. The summed E-state index contributed by atoms with van der Waals surface area (Å²) < 4.78 is 5.35. The molecule has 0 saturated carbocycles. The molecule has 0 bridgehead atoms. The summed E-state index contributed by atoms with van der Waals surface area (Å²) in [5.74, 6) is -0.318. The maximum absolute atomic E-state index is 12.0. The number of carbonyl (C=O) groups is 1. The smallest absolute Gasteiger partial charge is 0.341 e. The summed E-state index contributed by atoms with van der Waals surface area (Å²) in [5.41, 5.74) is 0.386. The Morgan fingerprint density at radius 1 is 1.04 bits per heavy atom. The van der Waals surface area contributed by atoms with Crippen molar-refractivity contribution in [2.45, 2.75) is 76.9 Å². The third-order valence-corrected chi connectivity index (χ3v) is 7.09. The first-order valence-electron chi connectivity index (χ1n) is 9.70. The molecular weight excluding hydrogens is 441 g/mol. The summed E-state index contributed by atoms with van der Waals surface area (Å²) in [6, 6.07) is 4.60. The number of nitrogens with zero attached hydrogens (tertiary/aromatic N) is 1. The van der Waals surface area contributed by atoms with Gasteiger partial charge in [0.1, 0.15) is 6.10 Å². The molecule has 0 N–H and O–H groups in total. The van der Waals surface area contributed by atoms with Gasteiger partial charge in [-0.2, -0.15) is 0 Å². The van der Waals surface area contributed by atoms with Crippen LogP contribution in [0.4, 0.5) is 5.69 Å². The number of unbranched alkanes of at least 4 members (excludes halogenated alkanes) is 7. The van der Waals surface area contributed by atoms with Gasteiger partial charge in [-0.3, -0.25) is 14.9 Å². The van der Waals surface area contributed by atoms with E-state index in [1.54, 1.807) is 25.1 Å². The molecule has 0 radical (unpaired) electrons. The fourth-order valence-electron chi connectivity index (χ4n) is 2.97. The van der Waals surface area contributed by atoms with E-state index in [0.717, 1.165) is 57.4 Å². The van der Waals surface area contributed by atoms with Crippen LogP contribution in [0.15, 0.2) is 24.3 Å². The second kappa shape index (κ2) is 13.4. The van der Waals surface area contributed by atoms with Gasteiger partial charge in [0.25, 0.3) is 5.69 Å². The van der Waals surface area contributed by atoms with Gasteiger partial charge in [0.05, 0.1) is 10.5 Å². The first-order valence-corrected chi connectivity index (χ1v) is 14.9. The van der Waals surface area contributed by atoms with E-state index in [2.05, 4.69) is 0 Å². The number of ether oxygens (including phenoxy) is 1. The molecular formula is C19H28Cl3NO4Si. The highest BCUT2D eigenvalue weighted by atomic mass is 35.8. The van der Waals surface area contributed by atoms with Crippen molar-refractivity contribution in [1.29, 1.82) is 0 Å². The molecule has 0 aliphatic heterocycles. The van der Waals surface area contributed by atoms with Crippen molar-refractivity contribution < 1.29 is 14.5 Å². The molecule has 9 heteroatoms. The van der Waals surface area contributed by atoms with Crippen molar-refractivity contribution in [3.8, 4) is 0 Å².